The van der Waals surface area contributed by atoms with E-state index in [1.807, 2.05) is 0 Å². The lowest BCUT2D eigenvalue weighted by Gasteiger charge is -2.23. The molecule has 0 saturated heterocycles. The Balaban J connectivity index is 2.47. The topological polar surface area (TPSA) is 0 Å². The molecule has 0 aromatic rings. The van der Waals surface area contributed by atoms with Gasteiger partial charge in [-0.3, -0.25) is 0 Å². The average Bonchev–Trinajstić information content (AvgIpc) is 2.40. The van der Waals surface area contributed by atoms with Crippen LogP contribution in [-0.4, -0.2) is 0 Å². The zero-order valence-electron chi connectivity index (χ0n) is 10.0. The highest BCUT2D eigenvalue weighted by Gasteiger charge is 2.34. The highest BCUT2D eigenvalue weighted by Crippen LogP contribution is 2.50. The van der Waals surface area contributed by atoms with Crippen LogP contribution in [0.25, 0.3) is 0 Å². The van der Waals surface area contributed by atoms with Gasteiger partial charge in [-0.15, -0.1) is 0 Å². The van der Waals surface area contributed by atoms with Gasteiger partial charge in [0.1, 0.15) is 0 Å². The maximum absolute atomic E-state index is 2.38. The van der Waals surface area contributed by atoms with Gasteiger partial charge in [0, 0.05) is 5.41 Å². The number of hydrogen-bond acceptors (Lipinski definition) is 0. The molecule has 0 aromatic carbocycles. The van der Waals surface area contributed by atoms with Gasteiger partial charge in [0.2, 0.25) is 0 Å². The van der Waals surface area contributed by atoms with Crippen LogP contribution in [-0.2, 0) is 0 Å². The molecule has 2 aliphatic rings. The van der Waals surface area contributed by atoms with E-state index in [9.17, 15) is 0 Å². The predicted molar refractivity (Wildman–Crippen MR) is 62.3 cm³/mol. The Bertz CT molecular complexity index is 283. The summed E-state index contributed by atoms with van der Waals surface area (Å²) in [4.78, 5) is 0. The molecular weight excluding hydrogens is 168 g/mol. The van der Waals surface area contributed by atoms with Crippen LogP contribution < -0.4 is 0 Å². The highest BCUT2D eigenvalue weighted by atomic mass is 14.4. The third-order valence-electron chi connectivity index (χ3n) is 4.50. The van der Waals surface area contributed by atoms with Gasteiger partial charge in [-0.25, -0.2) is 0 Å². The number of rotatable bonds is 0. The van der Waals surface area contributed by atoms with E-state index in [-0.39, 0.29) is 0 Å². The summed E-state index contributed by atoms with van der Waals surface area (Å²) in [5, 5.41) is 0. The third kappa shape index (κ3) is 1.27. The molecule has 0 aromatic heterocycles. The molecule has 2 aliphatic carbocycles. The molecule has 0 aliphatic heterocycles. The largest absolute Gasteiger partial charge is 0.0601 e. The zero-order chi connectivity index (χ0) is 10.3. The minimum Gasteiger partial charge on any atom is -0.0601 e. The Hall–Kier alpha value is -0.520. The van der Waals surface area contributed by atoms with Crippen molar-refractivity contribution in [3.8, 4) is 0 Å². The van der Waals surface area contributed by atoms with Crippen molar-refractivity contribution in [2.24, 2.45) is 5.41 Å². The van der Waals surface area contributed by atoms with Crippen molar-refractivity contribution in [2.75, 3.05) is 0 Å². The molecular formula is C14H22. The summed E-state index contributed by atoms with van der Waals surface area (Å²) >= 11 is 0. The number of hydrogen-bond donors (Lipinski definition) is 0. The molecule has 14 heavy (non-hydrogen) atoms. The van der Waals surface area contributed by atoms with Crippen molar-refractivity contribution in [1.29, 1.82) is 0 Å². The first-order valence-corrected chi connectivity index (χ1v) is 5.96. The second kappa shape index (κ2) is 3.25. The van der Waals surface area contributed by atoms with Crippen molar-refractivity contribution in [2.45, 2.75) is 59.8 Å². The minimum atomic E-state index is 0.349. The number of allylic oxidation sites excluding steroid dienone is 4. The van der Waals surface area contributed by atoms with Crippen LogP contribution in [0.3, 0.4) is 0 Å². The van der Waals surface area contributed by atoms with E-state index in [1.54, 1.807) is 22.3 Å². The van der Waals surface area contributed by atoms with Crippen LogP contribution in [0, 0.1) is 5.41 Å². The lowest BCUT2D eigenvalue weighted by Crippen LogP contribution is -2.11. The summed E-state index contributed by atoms with van der Waals surface area (Å²) in [5.74, 6) is 0. The van der Waals surface area contributed by atoms with Crippen molar-refractivity contribution in [3.63, 3.8) is 0 Å². The first kappa shape index (κ1) is 10.0. The molecule has 0 spiro atoms. The SMILES string of the molecule is CC1=C2CCCCCC2=C(C)C1(C)C. The number of fused-ring (bicyclic) bond motifs is 1. The summed E-state index contributed by atoms with van der Waals surface area (Å²) in [6.07, 6.45) is 6.90. The van der Waals surface area contributed by atoms with E-state index in [1.165, 1.54) is 32.1 Å². The fourth-order valence-corrected chi connectivity index (χ4v) is 2.95. The summed E-state index contributed by atoms with van der Waals surface area (Å²) in [6.45, 7) is 9.45. The Morgan fingerprint density at radius 2 is 1.21 bits per heavy atom. The first-order valence-electron chi connectivity index (χ1n) is 5.96. The molecule has 0 radical (unpaired) electrons. The van der Waals surface area contributed by atoms with Gasteiger partial charge in [0.25, 0.3) is 0 Å². The summed E-state index contributed by atoms with van der Waals surface area (Å²) < 4.78 is 0. The second-order valence-electron chi connectivity index (χ2n) is 5.39. The lowest BCUT2D eigenvalue weighted by molar-refractivity contribution is 0.541. The monoisotopic (exact) mass is 190 g/mol. The van der Waals surface area contributed by atoms with Gasteiger partial charge in [-0.2, -0.15) is 0 Å². The van der Waals surface area contributed by atoms with E-state index < -0.39 is 0 Å². The van der Waals surface area contributed by atoms with Crippen molar-refractivity contribution in [3.05, 3.63) is 22.3 Å². The highest BCUT2D eigenvalue weighted by molar-refractivity contribution is 5.51. The molecule has 0 bridgehead atoms. The second-order valence-corrected chi connectivity index (χ2v) is 5.39. The van der Waals surface area contributed by atoms with Gasteiger partial charge < -0.3 is 0 Å². The van der Waals surface area contributed by atoms with Crippen molar-refractivity contribution in [1.82, 2.24) is 0 Å². The molecule has 0 N–H and O–H groups in total. The molecule has 0 amide bonds. The Labute approximate surface area is 88.1 Å². The molecule has 0 unspecified atom stereocenters. The quantitative estimate of drug-likeness (QED) is 0.522. The molecule has 2 rings (SSSR count). The fourth-order valence-electron chi connectivity index (χ4n) is 2.95. The summed E-state index contributed by atoms with van der Waals surface area (Å²) in [5.41, 5.74) is 7.07. The van der Waals surface area contributed by atoms with E-state index in [0.717, 1.165) is 0 Å². The van der Waals surface area contributed by atoms with Gasteiger partial charge >= 0.3 is 0 Å². The molecule has 0 heterocycles. The normalized spacial score (nSPS) is 26.6. The van der Waals surface area contributed by atoms with Gasteiger partial charge in [-0.1, -0.05) is 31.4 Å². The van der Waals surface area contributed by atoms with Gasteiger partial charge in [-0.05, 0) is 50.7 Å². The lowest BCUT2D eigenvalue weighted by atomic mass is 9.81. The first-order chi connectivity index (χ1) is 6.55. The zero-order valence-corrected chi connectivity index (χ0v) is 10.0. The van der Waals surface area contributed by atoms with E-state index in [0.29, 0.717) is 5.41 Å². The summed E-state index contributed by atoms with van der Waals surface area (Å²) in [6, 6.07) is 0. The average molecular weight is 190 g/mol. The molecule has 1 saturated carbocycles. The standard InChI is InChI=1S/C14H22/c1-10-12-8-6-5-7-9-13(12)11(2)14(10,3)4/h5-9H2,1-4H3. The van der Waals surface area contributed by atoms with Crippen LogP contribution >= 0.6 is 0 Å². The van der Waals surface area contributed by atoms with Crippen LogP contribution in [0.4, 0.5) is 0 Å². The van der Waals surface area contributed by atoms with Crippen LogP contribution in [0.2, 0.25) is 0 Å². The van der Waals surface area contributed by atoms with E-state index >= 15 is 0 Å². The maximum Gasteiger partial charge on any atom is 0.00703 e. The van der Waals surface area contributed by atoms with Crippen LogP contribution in [0.1, 0.15) is 59.8 Å². The molecule has 78 valence electrons. The van der Waals surface area contributed by atoms with Crippen molar-refractivity contribution < 1.29 is 0 Å². The molecule has 1 fully saturated rings. The maximum atomic E-state index is 2.38. The van der Waals surface area contributed by atoms with Crippen molar-refractivity contribution >= 4 is 0 Å². The molecule has 0 atom stereocenters. The van der Waals surface area contributed by atoms with Gasteiger partial charge in [0.15, 0.2) is 0 Å². The Morgan fingerprint density at radius 3 is 1.64 bits per heavy atom. The van der Waals surface area contributed by atoms with E-state index in [2.05, 4.69) is 27.7 Å². The predicted octanol–water partition coefficient (Wildman–Crippen LogP) is 4.62. The third-order valence-corrected chi connectivity index (χ3v) is 4.50. The van der Waals surface area contributed by atoms with Crippen LogP contribution in [0.15, 0.2) is 22.3 Å². The Morgan fingerprint density at radius 1 is 0.786 bits per heavy atom. The minimum absolute atomic E-state index is 0.349. The summed E-state index contributed by atoms with van der Waals surface area (Å²) in [7, 11) is 0. The fraction of sp³-hybridized carbons (Fsp3) is 0.714. The smallest absolute Gasteiger partial charge is 0.00703 e. The van der Waals surface area contributed by atoms with Crippen LogP contribution in [0.5, 0.6) is 0 Å². The van der Waals surface area contributed by atoms with Gasteiger partial charge in [0.05, 0.1) is 0 Å². The molecule has 0 nitrogen and oxygen atoms in total. The molecule has 0 heteroatoms. The van der Waals surface area contributed by atoms with E-state index in [4.69, 9.17) is 0 Å². The Kier molecular flexibility index (Phi) is 2.33.